The van der Waals surface area contributed by atoms with Gasteiger partial charge in [-0.3, -0.25) is 0 Å². The highest BCUT2D eigenvalue weighted by molar-refractivity contribution is 5.17. The van der Waals surface area contributed by atoms with Gasteiger partial charge in [-0.2, -0.15) is 0 Å². The number of aryl methyl sites for hydroxylation is 1. The van der Waals surface area contributed by atoms with Gasteiger partial charge in [0, 0.05) is 0 Å². The van der Waals surface area contributed by atoms with Crippen LogP contribution in [0.2, 0.25) is 0 Å². The standard InChI is InChI=1S/C13H18FN/c14-13-6-2-1-5-12(13)8-7-11-4-3-9-15-10-11/h1-2,5-6,11,15H,3-4,7-10H2/t11-/m0/s1. The lowest BCUT2D eigenvalue weighted by atomic mass is 9.93. The van der Waals surface area contributed by atoms with Crippen molar-refractivity contribution in [3.63, 3.8) is 0 Å². The summed E-state index contributed by atoms with van der Waals surface area (Å²) in [6, 6.07) is 7.11. The molecule has 1 aromatic rings. The fourth-order valence-corrected chi connectivity index (χ4v) is 2.23. The summed E-state index contributed by atoms with van der Waals surface area (Å²) in [6.45, 7) is 2.25. The maximum Gasteiger partial charge on any atom is 0.126 e. The topological polar surface area (TPSA) is 12.0 Å². The molecule has 1 heterocycles. The van der Waals surface area contributed by atoms with Crippen molar-refractivity contribution >= 4 is 0 Å². The molecule has 0 unspecified atom stereocenters. The Bertz CT molecular complexity index is 305. The number of benzene rings is 1. The average Bonchev–Trinajstić information content (AvgIpc) is 2.29. The summed E-state index contributed by atoms with van der Waals surface area (Å²) in [7, 11) is 0. The summed E-state index contributed by atoms with van der Waals surface area (Å²) in [5.74, 6) is 0.680. The van der Waals surface area contributed by atoms with Crippen LogP contribution in [0.1, 0.15) is 24.8 Å². The Morgan fingerprint density at radius 2 is 2.20 bits per heavy atom. The second kappa shape index (κ2) is 5.26. The molecular formula is C13H18FN. The highest BCUT2D eigenvalue weighted by atomic mass is 19.1. The summed E-state index contributed by atoms with van der Waals surface area (Å²) >= 11 is 0. The van der Waals surface area contributed by atoms with Gasteiger partial charge in [0.2, 0.25) is 0 Å². The number of rotatable bonds is 3. The minimum absolute atomic E-state index is 0.0544. The third-order valence-electron chi connectivity index (χ3n) is 3.18. The van der Waals surface area contributed by atoms with Gasteiger partial charge < -0.3 is 5.32 Å². The SMILES string of the molecule is Fc1ccccc1CC[C@@H]1CCCNC1. The zero-order valence-corrected chi connectivity index (χ0v) is 9.01. The fraction of sp³-hybridized carbons (Fsp3) is 0.538. The van der Waals surface area contributed by atoms with Gasteiger partial charge in [-0.15, -0.1) is 0 Å². The molecule has 1 saturated heterocycles. The number of nitrogens with one attached hydrogen (secondary N) is 1. The van der Waals surface area contributed by atoms with E-state index >= 15 is 0 Å². The molecule has 2 heteroatoms. The average molecular weight is 207 g/mol. The van der Waals surface area contributed by atoms with Crippen molar-refractivity contribution in [2.24, 2.45) is 5.92 Å². The van der Waals surface area contributed by atoms with E-state index in [1.54, 1.807) is 12.1 Å². The molecule has 0 radical (unpaired) electrons. The highest BCUT2D eigenvalue weighted by Gasteiger charge is 2.13. The van der Waals surface area contributed by atoms with Crippen LogP contribution in [0.5, 0.6) is 0 Å². The third kappa shape index (κ3) is 3.03. The Morgan fingerprint density at radius 1 is 1.33 bits per heavy atom. The second-order valence-electron chi connectivity index (χ2n) is 4.34. The molecule has 1 nitrogen and oxygen atoms in total. The molecule has 0 spiro atoms. The zero-order valence-electron chi connectivity index (χ0n) is 9.01. The Labute approximate surface area is 90.7 Å². The molecular weight excluding hydrogens is 189 g/mol. The number of hydrogen-bond donors (Lipinski definition) is 1. The van der Waals surface area contributed by atoms with E-state index in [1.807, 2.05) is 12.1 Å². The van der Waals surface area contributed by atoms with Crippen molar-refractivity contribution in [3.8, 4) is 0 Å². The predicted molar refractivity (Wildman–Crippen MR) is 60.3 cm³/mol. The summed E-state index contributed by atoms with van der Waals surface area (Å²) in [5.41, 5.74) is 0.864. The van der Waals surface area contributed by atoms with E-state index in [1.165, 1.54) is 12.8 Å². The van der Waals surface area contributed by atoms with Crippen molar-refractivity contribution < 1.29 is 4.39 Å². The molecule has 0 aliphatic carbocycles. The van der Waals surface area contributed by atoms with Crippen LogP contribution in [-0.4, -0.2) is 13.1 Å². The quantitative estimate of drug-likeness (QED) is 0.803. The van der Waals surface area contributed by atoms with Crippen LogP contribution in [0.25, 0.3) is 0 Å². The van der Waals surface area contributed by atoms with E-state index in [4.69, 9.17) is 0 Å². The van der Waals surface area contributed by atoms with Crippen molar-refractivity contribution in [2.45, 2.75) is 25.7 Å². The van der Waals surface area contributed by atoms with Gasteiger partial charge in [0.25, 0.3) is 0 Å². The van der Waals surface area contributed by atoms with Crippen molar-refractivity contribution in [1.29, 1.82) is 0 Å². The molecule has 1 aliphatic rings. The summed E-state index contributed by atoms with van der Waals surface area (Å²) in [5, 5.41) is 3.39. The Balaban J connectivity index is 1.84. The first-order valence-electron chi connectivity index (χ1n) is 5.80. The smallest absolute Gasteiger partial charge is 0.126 e. The normalized spacial score (nSPS) is 21.5. The molecule has 0 aromatic heterocycles. The van der Waals surface area contributed by atoms with Gasteiger partial charge in [0.15, 0.2) is 0 Å². The van der Waals surface area contributed by atoms with E-state index in [-0.39, 0.29) is 5.82 Å². The van der Waals surface area contributed by atoms with Crippen LogP contribution in [0.3, 0.4) is 0 Å². The highest BCUT2D eigenvalue weighted by Crippen LogP contribution is 2.18. The lowest BCUT2D eigenvalue weighted by Crippen LogP contribution is -2.29. The number of hydrogen-bond acceptors (Lipinski definition) is 1. The number of halogens is 1. The molecule has 0 amide bonds. The molecule has 1 aromatic carbocycles. The van der Waals surface area contributed by atoms with E-state index in [2.05, 4.69) is 5.32 Å². The Kier molecular flexibility index (Phi) is 3.73. The van der Waals surface area contributed by atoms with Crippen molar-refractivity contribution in [1.82, 2.24) is 5.32 Å². The van der Waals surface area contributed by atoms with E-state index in [0.717, 1.165) is 37.4 Å². The molecule has 0 bridgehead atoms. The molecule has 1 atom stereocenters. The van der Waals surface area contributed by atoms with Gasteiger partial charge in [0.1, 0.15) is 5.82 Å². The van der Waals surface area contributed by atoms with Crippen molar-refractivity contribution in [2.75, 3.05) is 13.1 Å². The van der Waals surface area contributed by atoms with Gasteiger partial charge >= 0.3 is 0 Å². The molecule has 82 valence electrons. The molecule has 1 fully saturated rings. The predicted octanol–water partition coefficient (Wildman–Crippen LogP) is 2.76. The molecule has 1 N–H and O–H groups in total. The maximum atomic E-state index is 13.3. The lowest BCUT2D eigenvalue weighted by molar-refractivity contribution is 0.356. The van der Waals surface area contributed by atoms with Crippen molar-refractivity contribution in [3.05, 3.63) is 35.6 Å². The summed E-state index contributed by atoms with van der Waals surface area (Å²) < 4.78 is 13.3. The first-order chi connectivity index (χ1) is 7.36. The van der Waals surface area contributed by atoms with E-state index < -0.39 is 0 Å². The van der Waals surface area contributed by atoms with Crippen LogP contribution in [0.4, 0.5) is 4.39 Å². The fourth-order valence-electron chi connectivity index (χ4n) is 2.23. The largest absolute Gasteiger partial charge is 0.316 e. The van der Waals surface area contributed by atoms with Gasteiger partial charge in [-0.1, -0.05) is 18.2 Å². The maximum absolute atomic E-state index is 13.3. The van der Waals surface area contributed by atoms with Gasteiger partial charge in [-0.05, 0) is 56.3 Å². The van der Waals surface area contributed by atoms with Crippen LogP contribution in [-0.2, 0) is 6.42 Å². The minimum Gasteiger partial charge on any atom is -0.316 e. The van der Waals surface area contributed by atoms with Crippen LogP contribution in [0, 0.1) is 11.7 Å². The first-order valence-corrected chi connectivity index (χ1v) is 5.80. The van der Waals surface area contributed by atoms with Crippen LogP contribution >= 0.6 is 0 Å². The van der Waals surface area contributed by atoms with E-state index in [9.17, 15) is 4.39 Å². The molecule has 2 rings (SSSR count). The molecule has 1 aliphatic heterocycles. The second-order valence-corrected chi connectivity index (χ2v) is 4.34. The van der Waals surface area contributed by atoms with Gasteiger partial charge in [-0.25, -0.2) is 4.39 Å². The van der Waals surface area contributed by atoms with Crippen LogP contribution in [0.15, 0.2) is 24.3 Å². The zero-order chi connectivity index (χ0) is 10.5. The summed E-state index contributed by atoms with van der Waals surface area (Å²) in [6.07, 6.45) is 4.54. The first kappa shape index (κ1) is 10.6. The van der Waals surface area contributed by atoms with Crippen LogP contribution < -0.4 is 5.32 Å². The minimum atomic E-state index is -0.0544. The van der Waals surface area contributed by atoms with Gasteiger partial charge in [0.05, 0.1) is 0 Å². The lowest BCUT2D eigenvalue weighted by Gasteiger charge is -2.22. The Morgan fingerprint density at radius 3 is 2.93 bits per heavy atom. The van der Waals surface area contributed by atoms with E-state index in [0.29, 0.717) is 0 Å². The third-order valence-corrected chi connectivity index (χ3v) is 3.18. The monoisotopic (exact) mass is 207 g/mol. The summed E-state index contributed by atoms with van der Waals surface area (Å²) in [4.78, 5) is 0. The molecule has 15 heavy (non-hydrogen) atoms. The molecule has 0 saturated carbocycles. The Hall–Kier alpha value is -0.890. The number of piperidine rings is 1.